The number of rotatable bonds is 13. The van der Waals surface area contributed by atoms with E-state index in [1.54, 1.807) is 32.0 Å². The van der Waals surface area contributed by atoms with Crippen LogP contribution in [0.3, 0.4) is 0 Å². The second kappa shape index (κ2) is 16.7. The van der Waals surface area contributed by atoms with Crippen LogP contribution in [0, 0.1) is 11.7 Å². The van der Waals surface area contributed by atoms with Crippen molar-refractivity contribution in [1.82, 2.24) is 4.90 Å². The number of thiophene rings is 1. The number of anilines is 1. The molecule has 2 aromatic heterocycles. The van der Waals surface area contributed by atoms with Gasteiger partial charge >= 0.3 is 18.7 Å². The number of ether oxygens (including phenoxy) is 4. The molecular weight excluding hydrogens is 742 g/mol. The molecule has 0 aliphatic carbocycles. The molecule has 3 aliphatic heterocycles. The van der Waals surface area contributed by atoms with Gasteiger partial charge in [-0.2, -0.15) is 8.78 Å². The van der Waals surface area contributed by atoms with Gasteiger partial charge in [-0.3, -0.25) is 9.80 Å². The van der Waals surface area contributed by atoms with Crippen LogP contribution in [0.2, 0.25) is 10.0 Å². The maximum atomic E-state index is 15.1. The SMILES string of the molecule is CC(C)Oc1cc([C@H](Cc2c(Cl)c[nH+]cc2Cl)OC(=O)c2ccc(CN(C(=O)O[C@H]3CN4CCC3CC4)c3ccccc3F)s2)ccc1OC(F)F. The van der Waals surface area contributed by atoms with Gasteiger partial charge in [0, 0.05) is 23.4 Å². The van der Waals surface area contributed by atoms with Crippen molar-refractivity contribution in [2.75, 3.05) is 24.5 Å². The zero-order valence-corrected chi connectivity index (χ0v) is 30.7. The number of pyridine rings is 1. The Morgan fingerprint density at radius 2 is 1.73 bits per heavy atom. The number of piperidine rings is 3. The molecule has 0 unspecified atom stereocenters. The van der Waals surface area contributed by atoms with Crippen molar-refractivity contribution < 1.29 is 46.7 Å². The van der Waals surface area contributed by atoms with E-state index in [2.05, 4.69) is 14.6 Å². The van der Waals surface area contributed by atoms with Crippen LogP contribution in [-0.4, -0.2) is 55.4 Å². The second-order valence-electron chi connectivity index (χ2n) is 12.8. The number of nitrogens with zero attached hydrogens (tertiary/aromatic N) is 2. The number of benzene rings is 2. The van der Waals surface area contributed by atoms with Crippen LogP contribution in [0.15, 0.2) is 67.0 Å². The van der Waals surface area contributed by atoms with E-state index in [-0.39, 0.29) is 53.2 Å². The molecule has 0 spiro atoms. The quantitative estimate of drug-likeness (QED) is 0.125. The summed E-state index contributed by atoms with van der Waals surface area (Å²) in [6.45, 7) is 2.90. The third kappa shape index (κ3) is 9.11. The molecule has 276 valence electrons. The molecule has 9 nitrogen and oxygen atoms in total. The van der Waals surface area contributed by atoms with Crippen LogP contribution in [-0.2, 0) is 22.4 Å². The predicted octanol–water partition coefficient (Wildman–Crippen LogP) is 8.77. The number of nitrogens with one attached hydrogen (secondary N) is 1. The lowest BCUT2D eigenvalue weighted by atomic mass is 9.86. The van der Waals surface area contributed by atoms with E-state index in [0.29, 0.717) is 32.6 Å². The smallest absolute Gasteiger partial charge is 0.415 e. The number of carbonyl (C=O) groups excluding carboxylic acids is 2. The molecule has 3 saturated heterocycles. The summed E-state index contributed by atoms with van der Waals surface area (Å²) in [6.07, 6.45) is 2.62. The standard InChI is InChI=1S/C37H36Cl2F3N3O6S/c1-21(2)48-32-15-23(7-9-30(32)50-36(41)42)31(16-25-26(38)17-43-18-27(25)39)49-35(46)34-10-8-24(52-34)19-45(29-6-4-3-5-28(29)40)37(47)51-33-20-44-13-11-22(33)12-14-44/h3-10,15,17-18,21-22,31,33,36H,11-14,16,19-20H2,1-2H3/p+1/t31-,33-/m0/s1. The Morgan fingerprint density at radius 1 is 1.00 bits per heavy atom. The van der Waals surface area contributed by atoms with Crippen molar-refractivity contribution >= 4 is 52.3 Å². The van der Waals surface area contributed by atoms with Gasteiger partial charge in [0.1, 0.15) is 32.9 Å². The molecular formula is C37H37Cl2F3N3O6S+. The molecule has 0 saturated carbocycles. The summed E-state index contributed by atoms with van der Waals surface area (Å²) in [4.78, 5) is 34.5. The van der Waals surface area contributed by atoms with E-state index in [4.69, 9.17) is 37.4 Å². The highest BCUT2D eigenvalue weighted by Crippen LogP contribution is 2.38. The number of halogens is 5. The van der Waals surface area contributed by atoms with Crippen molar-refractivity contribution in [3.8, 4) is 11.5 Å². The summed E-state index contributed by atoms with van der Waals surface area (Å²) in [5, 5.41) is 0.586. The number of para-hydroxylation sites is 1. The lowest BCUT2D eigenvalue weighted by Crippen LogP contribution is -2.53. The number of aromatic nitrogens is 1. The number of esters is 1. The van der Waals surface area contributed by atoms with Gasteiger partial charge in [0.2, 0.25) is 0 Å². The molecule has 3 aliphatic rings. The molecule has 2 bridgehead atoms. The van der Waals surface area contributed by atoms with Gasteiger partial charge in [-0.25, -0.2) is 19.0 Å². The summed E-state index contributed by atoms with van der Waals surface area (Å²) in [5.74, 6) is -1.19. The Hall–Kier alpha value is -4.04. The molecule has 4 aromatic rings. The third-order valence-electron chi connectivity index (χ3n) is 8.94. The first-order valence-corrected chi connectivity index (χ1v) is 18.4. The Morgan fingerprint density at radius 3 is 2.38 bits per heavy atom. The van der Waals surface area contributed by atoms with E-state index in [1.807, 2.05) is 0 Å². The van der Waals surface area contributed by atoms with Crippen molar-refractivity contribution in [2.45, 2.75) is 64.6 Å². The molecule has 3 fully saturated rings. The Bertz CT molecular complexity index is 1870. The first kappa shape index (κ1) is 37.7. The van der Waals surface area contributed by atoms with E-state index in [0.717, 1.165) is 37.3 Å². The summed E-state index contributed by atoms with van der Waals surface area (Å²) < 4.78 is 63.9. The van der Waals surface area contributed by atoms with Gasteiger partial charge in [-0.15, -0.1) is 11.3 Å². The van der Waals surface area contributed by atoms with Crippen LogP contribution in [0.1, 0.15) is 58.5 Å². The van der Waals surface area contributed by atoms with E-state index in [1.165, 1.54) is 53.7 Å². The van der Waals surface area contributed by atoms with E-state index < -0.39 is 30.6 Å². The van der Waals surface area contributed by atoms with Gasteiger partial charge in [0.25, 0.3) is 0 Å². The van der Waals surface area contributed by atoms with E-state index in [9.17, 15) is 18.4 Å². The Labute approximate surface area is 313 Å². The van der Waals surface area contributed by atoms with Gasteiger partial charge in [-0.1, -0.05) is 41.4 Å². The van der Waals surface area contributed by atoms with Crippen LogP contribution >= 0.6 is 34.5 Å². The van der Waals surface area contributed by atoms with Crippen molar-refractivity contribution in [2.24, 2.45) is 5.92 Å². The molecule has 1 amide bonds. The molecule has 15 heteroatoms. The fourth-order valence-corrected chi connectivity index (χ4v) is 7.83. The minimum Gasteiger partial charge on any atom is -0.487 e. The molecule has 52 heavy (non-hydrogen) atoms. The summed E-state index contributed by atoms with van der Waals surface area (Å²) in [6, 6.07) is 13.5. The number of alkyl halides is 2. The zero-order valence-electron chi connectivity index (χ0n) is 28.3. The van der Waals surface area contributed by atoms with Crippen LogP contribution in [0.25, 0.3) is 0 Å². The highest BCUT2D eigenvalue weighted by molar-refractivity contribution is 7.14. The molecule has 5 heterocycles. The molecule has 7 rings (SSSR count). The minimum absolute atomic E-state index is 0.0268. The van der Waals surface area contributed by atoms with Crippen LogP contribution < -0.4 is 19.4 Å². The number of carbonyl (C=O) groups is 2. The van der Waals surface area contributed by atoms with E-state index >= 15 is 4.39 Å². The third-order valence-corrected chi connectivity index (χ3v) is 10.7. The molecule has 0 radical (unpaired) electrons. The number of fused-ring (bicyclic) bond motifs is 3. The maximum Gasteiger partial charge on any atom is 0.415 e. The zero-order chi connectivity index (χ0) is 36.9. The summed E-state index contributed by atoms with van der Waals surface area (Å²) in [7, 11) is 0. The second-order valence-corrected chi connectivity index (χ2v) is 14.8. The average molecular weight is 780 g/mol. The van der Waals surface area contributed by atoms with Crippen molar-refractivity contribution in [1.29, 1.82) is 0 Å². The molecule has 1 N–H and O–H groups in total. The number of H-pyrrole nitrogens is 1. The lowest BCUT2D eigenvalue weighted by Gasteiger charge is -2.44. The predicted molar refractivity (Wildman–Crippen MR) is 190 cm³/mol. The van der Waals surface area contributed by atoms with Crippen molar-refractivity contribution in [3.05, 3.63) is 104 Å². The monoisotopic (exact) mass is 778 g/mol. The average Bonchev–Trinajstić information content (AvgIpc) is 3.58. The van der Waals surface area contributed by atoms with Gasteiger partial charge < -0.3 is 18.9 Å². The number of hydrogen-bond donors (Lipinski definition) is 0. The fraction of sp³-hybridized carbons (Fsp3) is 0.378. The summed E-state index contributed by atoms with van der Waals surface area (Å²) >= 11 is 14.0. The Balaban J connectivity index is 1.25. The normalized spacial score (nSPS) is 18.7. The van der Waals surface area contributed by atoms with Crippen molar-refractivity contribution in [3.63, 3.8) is 0 Å². The first-order chi connectivity index (χ1) is 24.9. The first-order valence-electron chi connectivity index (χ1n) is 16.8. The largest absolute Gasteiger partial charge is 0.487 e. The van der Waals surface area contributed by atoms with Crippen LogP contribution in [0.5, 0.6) is 11.5 Å². The highest BCUT2D eigenvalue weighted by Gasteiger charge is 2.38. The topological polar surface area (TPSA) is 91.7 Å². The Kier molecular flexibility index (Phi) is 12.1. The maximum absolute atomic E-state index is 15.1. The van der Waals surface area contributed by atoms with Gasteiger partial charge in [-0.05, 0) is 87.7 Å². The molecule has 2 aromatic carbocycles. The lowest BCUT2D eigenvalue weighted by molar-refractivity contribution is -0.377. The number of hydrogen-bond acceptors (Lipinski definition) is 8. The fourth-order valence-electron chi connectivity index (χ4n) is 6.42. The molecule has 2 atom stereocenters. The van der Waals surface area contributed by atoms with Gasteiger partial charge in [0.15, 0.2) is 23.9 Å². The summed E-state index contributed by atoms with van der Waals surface area (Å²) in [5.41, 5.74) is 0.940. The minimum atomic E-state index is -3.09. The van der Waals surface area contributed by atoms with Gasteiger partial charge in [0.05, 0.1) is 18.3 Å². The highest BCUT2D eigenvalue weighted by atomic mass is 35.5. The van der Waals surface area contributed by atoms with Crippen LogP contribution in [0.4, 0.5) is 23.7 Å². The number of aromatic amines is 1. The number of amides is 1.